The number of anilines is 1. The van der Waals surface area contributed by atoms with Gasteiger partial charge in [-0.05, 0) is 49.6 Å². The monoisotopic (exact) mass is 449 g/mol. The molecular weight excluding hydrogens is 430 g/mol. The third-order valence-electron chi connectivity index (χ3n) is 5.72. The zero-order chi connectivity index (χ0) is 21.5. The van der Waals surface area contributed by atoms with Gasteiger partial charge in [0.1, 0.15) is 0 Å². The standard InChI is InChI=1S/C24H20ClN3O2S/c1-13-20(23(30)28-24-27-16-8-2-3-11-19(16)31-24)21(14-6-4-7-15(25)12-14)22-17(26-13)9-5-10-18(22)29/h2-4,6-8,11-12,21,26H,5,9-10H2,1H3,(H,27,28,30)/t21-/m1/s1. The number of carbonyl (C=O) groups is 2. The first kappa shape index (κ1) is 20.0. The molecule has 5 rings (SSSR count). The molecule has 0 bridgehead atoms. The number of Topliss-reactive ketones (excluding diaryl/α,β-unsaturated/α-hetero) is 1. The molecule has 2 N–H and O–H groups in total. The third kappa shape index (κ3) is 3.66. The van der Waals surface area contributed by atoms with Crippen LogP contribution in [0.2, 0.25) is 5.02 Å². The molecule has 0 saturated carbocycles. The molecule has 0 unspecified atom stereocenters. The van der Waals surface area contributed by atoms with Crippen molar-refractivity contribution in [3.63, 3.8) is 0 Å². The van der Waals surface area contributed by atoms with Crippen molar-refractivity contribution < 1.29 is 9.59 Å². The first-order valence-electron chi connectivity index (χ1n) is 10.2. The number of thiazole rings is 1. The summed E-state index contributed by atoms with van der Waals surface area (Å²) in [6.45, 7) is 1.88. The van der Waals surface area contributed by atoms with Gasteiger partial charge in [0.15, 0.2) is 10.9 Å². The molecule has 0 saturated heterocycles. The van der Waals surface area contributed by atoms with Crippen molar-refractivity contribution in [1.29, 1.82) is 0 Å². The number of hydrogen-bond acceptors (Lipinski definition) is 5. The number of nitrogens with zero attached hydrogens (tertiary/aromatic N) is 1. The molecule has 5 nitrogen and oxygen atoms in total. The fraction of sp³-hybridized carbons (Fsp3) is 0.208. The number of hydrogen-bond donors (Lipinski definition) is 2. The van der Waals surface area contributed by atoms with Gasteiger partial charge in [0.25, 0.3) is 5.91 Å². The van der Waals surface area contributed by atoms with Gasteiger partial charge in [-0.25, -0.2) is 4.98 Å². The molecule has 0 spiro atoms. The molecule has 156 valence electrons. The van der Waals surface area contributed by atoms with Crippen LogP contribution in [0.5, 0.6) is 0 Å². The Labute approximate surface area is 188 Å². The van der Waals surface area contributed by atoms with Gasteiger partial charge in [-0.1, -0.05) is 47.2 Å². The molecule has 2 aliphatic rings. The van der Waals surface area contributed by atoms with Gasteiger partial charge in [0.2, 0.25) is 0 Å². The molecule has 0 radical (unpaired) electrons. The van der Waals surface area contributed by atoms with Crippen LogP contribution < -0.4 is 10.6 Å². The number of aromatic nitrogens is 1. The molecule has 1 atom stereocenters. The number of rotatable bonds is 3. The number of halogens is 1. The quantitative estimate of drug-likeness (QED) is 0.549. The van der Waals surface area contributed by atoms with Gasteiger partial charge in [-0.15, -0.1) is 0 Å². The van der Waals surface area contributed by atoms with Crippen LogP contribution in [-0.4, -0.2) is 16.7 Å². The molecule has 1 amide bonds. The predicted molar refractivity (Wildman–Crippen MR) is 124 cm³/mol. The van der Waals surface area contributed by atoms with Gasteiger partial charge >= 0.3 is 0 Å². The van der Waals surface area contributed by atoms with Crippen LogP contribution in [0.3, 0.4) is 0 Å². The van der Waals surface area contributed by atoms with Crippen LogP contribution in [0, 0.1) is 0 Å². The lowest BCUT2D eigenvalue weighted by molar-refractivity contribution is -0.116. The van der Waals surface area contributed by atoms with E-state index in [9.17, 15) is 9.59 Å². The second-order valence-electron chi connectivity index (χ2n) is 7.76. The van der Waals surface area contributed by atoms with Crippen molar-refractivity contribution in [1.82, 2.24) is 10.3 Å². The Kier molecular flexibility index (Phi) is 5.12. The Balaban J connectivity index is 1.57. The zero-order valence-corrected chi connectivity index (χ0v) is 18.4. The number of dihydropyridines is 1. The number of benzene rings is 2. The second kappa shape index (κ2) is 7.94. The van der Waals surface area contributed by atoms with E-state index in [1.807, 2.05) is 49.4 Å². The third-order valence-corrected chi connectivity index (χ3v) is 6.90. The smallest absolute Gasteiger partial charge is 0.256 e. The van der Waals surface area contributed by atoms with Gasteiger partial charge < -0.3 is 5.32 Å². The lowest BCUT2D eigenvalue weighted by Gasteiger charge is -2.34. The number of allylic oxidation sites excluding steroid dienone is 3. The number of amides is 1. The van der Waals surface area contributed by atoms with Crippen LogP contribution in [0.15, 0.2) is 71.1 Å². The maximum Gasteiger partial charge on any atom is 0.256 e. The van der Waals surface area contributed by atoms with Crippen LogP contribution in [0.25, 0.3) is 10.2 Å². The highest BCUT2D eigenvalue weighted by atomic mass is 35.5. The SMILES string of the molecule is CC1=C(C(=O)Nc2nc3ccccc3s2)[C@@H](c2cccc(Cl)c2)C2=C(CCCC2=O)N1. The molecule has 2 aromatic carbocycles. The van der Waals surface area contributed by atoms with Gasteiger partial charge in [-0.2, -0.15) is 0 Å². The molecule has 3 aromatic rings. The summed E-state index contributed by atoms with van der Waals surface area (Å²) < 4.78 is 1.00. The molecule has 0 fully saturated rings. The summed E-state index contributed by atoms with van der Waals surface area (Å²) in [5.41, 5.74) is 4.54. The second-order valence-corrected chi connectivity index (χ2v) is 9.23. The van der Waals surface area contributed by atoms with Crippen molar-refractivity contribution in [3.05, 3.63) is 81.7 Å². The van der Waals surface area contributed by atoms with Crippen molar-refractivity contribution >= 4 is 50.0 Å². The van der Waals surface area contributed by atoms with Crippen LogP contribution >= 0.6 is 22.9 Å². The van der Waals surface area contributed by atoms with E-state index < -0.39 is 5.92 Å². The van der Waals surface area contributed by atoms with Crippen LogP contribution in [0.4, 0.5) is 5.13 Å². The Morgan fingerprint density at radius 3 is 2.84 bits per heavy atom. The van der Waals surface area contributed by atoms with Crippen LogP contribution in [0.1, 0.15) is 37.7 Å². The van der Waals surface area contributed by atoms with Crippen molar-refractivity contribution in [2.24, 2.45) is 0 Å². The molecule has 31 heavy (non-hydrogen) atoms. The first-order valence-corrected chi connectivity index (χ1v) is 11.4. The van der Waals surface area contributed by atoms with Crippen molar-refractivity contribution in [3.8, 4) is 0 Å². The summed E-state index contributed by atoms with van der Waals surface area (Å²) >= 11 is 7.70. The average Bonchev–Trinajstić information content (AvgIpc) is 3.15. The summed E-state index contributed by atoms with van der Waals surface area (Å²) in [6, 6.07) is 15.2. The Morgan fingerprint density at radius 2 is 2.03 bits per heavy atom. The lowest BCUT2D eigenvalue weighted by atomic mass is 9.75. The van der Waals surface area contributed by atoms with Crippen molar-refractivity contribution in [2.75, 3.05) is 5.32 Å². The number of nitrogens with one attached hydrogen (secondary N) is 2. The summed E-state index contributed by atoms with van der Waals surface area (Å²) in [5.74, 6) is -0.646. The predicted octanol–water partition coefficient (Wildman–Crippen LogP) is 5.56. The maximum atomic E-state index is 13.5. The highest BCUT2D eigenvalue weighted by Gasteiger charge is 2.38. The summed E-state index contributed by atoms with van der Waals surface area (Å²) in [6.07, 6.45) is 2.10. The Bertz CT molecular complexity index is 1260. The molecule has 1 aliphatic carbocycles. The fourth-order valence-corrected chi connectivity index (χ4v) is 5.45. The highest BCUT2D eigenvalue weighted by molar-refractivity contribution is 7.22. The van der Waals surface area contributed by atoms with Gasteiger partial charge in [0, 0.05) is 39.9 Å². The molecule has 1 aliphatic heterocycles. The largest absolute Gasteiger partial charge is 0.362 e. The minimum atomic E-state index is -0.461. The summed E-state index contributed by atoms with van der Waals surface area (Å²) in [7, 11) is 0. The number of fused-ring (bicyclic) bond motifs is 1. The van der Waals surface area contributed by atoms with Crippen LogP contribution in [-0.2, 0) is 9.59 Å². The van der Waals surface area contributed by atoms with E-state index in [4.69, 9.17) is 11.6 Å². The number of carbonyl (C=O) groups excluding carboxylic acids is 2. The normalized spacial score (nSPS) is 18.8. The number of para-hydroxylation sites is 1. The zero-order valence-electron chi connectivity index (χ0n) is 16.9. The van der Waals surface area contributed by atoms with E-state index in [2.05, 4.69) is 15.6 Å². The molecule has 1 aromatic heterocycles. The summed E-state index contributed by atoms with van der Waals surface area (Å²) in [5, 5.41) is 7.40. The molecule has 2 heterocycles. The van der Waals surface area contributed by atoms with E-state index in [1.54, 1.807) is 6.07 Å². The molecule has 7 heteroatoms. The van der Waals surface area contributed by atoms with E-state index in [-0.39, 0.29) is 11.7 Å². The van der Waals surface area contributed by atoms with Crippen molar-refractivity contribution in [2.45, 2.75) is 32.1 Å². The topological polar surface area (TPSA) is 71.1 Å². The van der Waals surface area contributed by atoms with E-state index >= 15 is 0 Å². The minimum Gasteiger partial charge on any atom is -0.362 e. The lowest BCUT2D eigenvalue weighted by Crippen LogP contribution is -2.35. The maximum absolute atomic E-state index is 13.5. The van der Waals surface area contributed by atoms with E-state index in [1.165, 1.54) is 11.3 Å². The van der Waals surface area contributed by atoms with E-state index in [0.717, 1.165) is 40.0 Å². The van der Waals surface area contributed by atoms with E-state index in [0.29, 0.717) is 27.7 Å². The average molecular weight is 450 g/mol. The van der Waals surface area contributed by atoms with Gasteiger partial charge in [-0.3, -0.25) is 14.9 Å². The summed E-state index contributed by atoms with van der Waals surface area (Å²) in [4.78, 5) is 31.0. The first-order chi connectivity index (χ1) is 15.0. The fourth-order valence-electron chi connectivity index (χ4n) is 4.39. The Morgan fingerprint density at radius 1 is 1.19 bits per heavy atom. The van der Waals surface area contributed by atoms with Gasteiger partial charge in [0.05, 0.1) is 10.2 Å². The minimum absolute atomic E-state index is 0.0801. The highest BCUT2D eigenvalue weighted by Crippen LogP contribution is 2.43. The number of ketones is 1. The molecular formula is C24H20ClN3O2S. The Hall–Kier alpha value is -2.96.